The molecule has 3 N–H and O–H groups in total. The Balaban J connectivity index is 4.29. The van der Waals surface area contributed by atoms with E-state index >= 15 is 0 Å². The lowest BCUT2D eigenvalue weighted by Gasteiger charge is -2.26. The maximum atomic E-state index is 10.6. The predicted octanol–water partition coefficient (Wildman–Crippen LogP) is 0.578. The highest BCUT2D eigenvalue weighted by Gasteiger charge is 2.39. The summed E-state index contributed by atoms with van der Waals surface area (Å²) < 4.78 is 0. The number of carboxylic acid groups (broad SMARTS) is 1. The molecule has 0 aromatic heterocycles. The Bertz CT molecular complexity index is 155. The van der Waals surface area contributed by atoms with Gasteiger partial charge in [0.15, 0.2) is 6.29 Å². The molecule has 0 aliphatic heterocycles. The van der Waals surface area contributed by atoms with Crippen LogP contribution in [0.25, 0.3) is 0 Å². The number of rotatable bonds is 5. The van der Waals surface area contributed by atoms with Gasteiger partial charge in [-0.05, 0) is 13.3 Å². The van der Waals surface area contributed by atoms with Gasteiger partial charge in [-0.3, -0.25) is 4.79 Å². The van der Waals surface area contributed by atoms with Crippen LogP contribution in [0.5, 0.6) is 0 Å². The Labute approximate surface area is 71.8 Å². The number of carboxylic acids is 1. The molecule has 0 saturated heterocycles. The van der Waals surface area contributed by atoms with Crippen LogP contribution < -0.4 is 0 Å². The zero-order valence-corrected chi connectivity index (χ0v) is 7.45. The molecule has 0 aromatic rings. The van der Waals surface area contributed by atoms with Crippen LogP contribution in [0.1, 0.15) is 33.1 Å². The lowest BCUT2D eigenvalue weighted by atomic mass is 9.84. The molecule has 0 radical (unpaired) electrons. The van der Waals surface area contributed by atoms with E-state index in [0.717, 1.165) is 6.42 Å². The molecule has 0 rings (SSSR count). The van der Waals surface area contributed by atoms with Crippen LogP contribution in [0.4, 0.5) is 0 Å². The molecular formula is C8H16O4. The van der Waals surface area contributed by atoms with Crippen LogP contribution in [0.2, 0.25) is 0 Å². The van der Waals surface area contributed by atoms with Crippen molar-refractivity contribution in [1.82, 2.24) is 0 Å². The second-order valence-electron chi connectivity index (χ2n) is 3.20. The standard InChI is InChI=1S/C8H16O4/c1-3-4-5-8(2,6(9)10)7(11)12/h6,9-10H,3-5H2,1-2H3,(H,11,12). The summed E-state index contributed by atoms with van der Waals surface area (Å²) in [7, 11) is 0. The summed E-state index contributed by atoms with van der Waals surface area (Å²) >= 11 is 0. The number of hydrogen-bond donors (Lipinski definition) is 3. The van der Waals surface area contributed by atoms with Crippen molar-refractivity contribution in [1.29, 1.82) is 0 Å². The predicted molar refractivity (Wildman–Crippen MR) is 43.5 cm³/mol. The van der Waals surface area contributed by atoms with Crippen LogP contribution in [0, 0.1) is 5.41 Å². The molecule has 0 aliphatic carbocycles. The summed E-state index contributed by atoms with van der Waals surface area (Å²) in [6.45, 7) is 3.27. The lowest BCUT2D eigenvalue weighted by Crippen LogP contribution is -2.39. The van der Waals surface area contributed by atoms with Gasteiger partial charge in [0.05, 0.1) is 0 Å². The molecule has 0 spiro atoms. The second-order valence-corrected chi connectivity index (χ2v) is 3.20. The molecule has 1 unspecified atom stereocenters. The highest BCUT2D eigenvalue weighted by molar-refractivity contribution is 5.74. The van der Waals surface area contributed by atoms with E-state index < -0.39 is 17.7 Å². The molecule has 4 heteroatoms. The first-order chi connectivity index (χ1) is 5.45. The van der Waals surface area contributed by atoms with Gasteiger partial charge in [0.2, 0.25) is 0 Å². The molecule has 0 aliphatic rings. The van der Waals surface area contributed by atoms with Crippen molar-refractivity contribution in [3.63, 3.8) is 0 Å². The molecule has 0 bridgehead atoms. The molecular weight excluding hydrogens is 160 g/mol. The third-order valence-electron chi connectivity index (χ3n) is 2.11. The topological polar surface area (TPSA) is 77.8 Å². The van der Waals surface area contributed by atoms with Crippen molar-refractivity contribution in [2.45, 2.75) is 39.4 Å². The average Bonchev–Trinajstić information content (AvgIpc) is 1.99. The SMILES string of the molecule is CCCCC(C)(C(=O)O)C(O)O. The van der Waals surface area contributed by atoms with E-state index in [9.17, 15) is 4.79 Å². The van der Waals surface area contributed by atoms with E-state index in [0.29, 0.717) is 6.42 Å². The first kappa shape index (κ1) is 11.4. The summed E-state index contributed by atoms with van der Waals surface area (Å²) in [5.74, 6) is -1.16. The monoisotopic (exact) mass is 176 g/mol. The van der Waals surface area contributed by atoms with Crippen LogP contribution in [0.15, 0.2) is 0 Å². The minimum absolute atomic E-state index is 0.288. The Hall–Kier alpha value is -0.610. The number of hydrogen-bond acceptors (Lipinski definition) is 3. The summed E-state index contributed by atoms with van der Waals surface area (Å²) in [6, 6.07) is 0. The zero-order chi connectivity index (χ0) is 9.78. The molecule has 1 atom stereocenters. The van der Waals surface area contributed by atoms with Gasteiger partial charge >= 0.3 is 5.97 Å². The van der Waals surface area contributed by atoms with Gasteiger partial charge in [0.1, 0.15) is 5.41 Å². The number of aliphatic hydroxyl groups excluding tert-OH is 1. The van der Waals surface area contributed by atoms with Gasteiger partial charge in [0.25, 0.3) is 0 Å². The second kappa shape index (κ2) is 4.42. The Morgan fingerprint density at radius 3 is 2.25 bits per heavy atom. The Morgan fingerprint density at radius 1 is 1.50 bits per heavy atom. The maximum absolute atomic E-state index is 10.6. The number of carbonyl (C=O) groups is 1. The van der Waals surface area contributed by atoms with Crippen molar-refractivity contribution in [2.24, 2.45) is 5.41 Å². The summed E-state index contributed by atoms with van der Waals surface area (Å²) in [5, 5.41) is 26.4. The van der Waals surface area contributed by atoms with Gasteiger partial charge < -0.3 is 15.3 Å². The van der Waals surface area contributed by atoms with Gasteiger partial charge in [0, 0.05) is 0 Å². The fourth-order valence-corrected chi connectivity index (χ4v) is 0.890. The number of aliphatic carboxylic acids is 1. The largest absolute Gasteiger partial charge is 0.481 e. The minimum Gasteiger partial charge on any atom is -0.481 e. The fourth-order valence-electron chi connectivity index (χ4n) is 0.890. The molecule has 72 valence electrons. The van der Waals surface area contributed by atoms with Crippen molar-refractivity contribution >= 4 is 5.97 Å². The Morgan fingerprint density at radius 2 is 2.00 bits per heavy atom. The highest BCUT2D eigenvalue weighted by atomic mass is 16.5. The van der Waals surface area contributed by atoms with E-state index in [-0.39, 0.29) is 6.42 Å². The smallest absolute Gasteiger partial charge is 0.314 e. The van der Waals surface area contributed by atoms with Gasteiger partial charge in [-0.2, -0.15) is 0 Å². The molecule has 0 saturated carbocycles. The van der Waals surface area contributed by atoms with Crippen molar-refractivity contribution in [3.8, 4) is 0 Å². The van der Waals surface area contributed by atoms with Crippen molar-refractivity contribution in [2.75, 3.05) is 0 Å². The van der Waals surface area contributed by atoms with E-state index in [4.69, 9.17) is 15.3 Å². The number of aliphatic hydroxyl groups is 2. The van der Waals surface area contributed by atoms with Crippen LogP contribution >= 0.6 is 0 Å². The Kier molecular flexibility index (Phi) is 4.20. The van der Waals surface area contributed by atoms with Crippen molar-refractivity contribution in [3.05, 3.63) is 0 Å². The molecule has 0 fully saturated rings. The summed E-state index contributed by atoms with van der Waals surface area (Å²) in [6.07, 6.45) is 0.0218. The van der Waals surface area contributed by atoms with Gasteiger partial charge in [-0.1, -0.05) is 19.8 Å². The molecule has 0 heterocycles. The molecule has 0 aromatic carbocycles. The lowest BCUT2D eigenvalue weighted by molar-refractivity contribution is -0.179. The fraction of sp³-hybridized carbons (Fsp3) is 0.875. The first-order valence-corrected chi connectivity index (χ1v) is 4.04. The quantitative estimate of drug-likeness (QED) is 0.535. The van der Waals surface area contributed by atoms with E-state index in [1.807, 2.05) is 6.92 Å². The summed E-state index contributed by atoms with van der Waals surface area (Å²) in [5.41, 5.74) is -1.42. The third-order valence-corrected chi connectivity index (χ3v) is 2.11. The van der Waals surface area contributed by atoms with Gasteiger partial charge in [-0.15, -0.1) is 0 Å². The van der Waals surface area contributed by atoms with Crippen LogP contribution in [-0.2, 0) is 4.79 Å². The molecule has 4 nitrogen and oxygen atoms in total. The van der Waals surface area contributed by atoms with Crippen LogP contribution in [-0.4, -0.2) is 27.6 Å². The van der Waals surface area contributed by atoms with E-state index in [2.05, 4.69) is 0 Å². The number of unbranched alkanes of at least 4 members (excludes halogenated alkanes) is 1. The zero-order valence-electron chi connectivity index (χ0n) is 7.45. The third kappa shape index (κ3) is 2.46. The molecule has 0 amide bonds. The average molecular weight is 176 g/mol. The van der Waals surface area contributed by atoms with E-state index in [1.54, 1.807) is 0 Å². The summed E-state index contributed by atoms with van der Waals surface area (Å²) in [4.78, 5) is 10.6. The van der Waals surface area contributed by atoms with Gasteiger partial charge in [-0.25, -0.2) is 0 Å². The normalized spacial score (nSPS) is 16.1. The highest BCUT2D eigenvalue weighted by Crippen LogP contribution is 2.27. The first-order valence-electron chi connectivity index (χ1n) is 4.04. The molecule has 12 heavy (non-hydrogen) atoms. The van der Waals surface area contributed by atoms with Crippen molar-refractivity contribution < 1.29 is 20.1 Å². The van der Waals surface area contributed by atoms with Crippen LogP contribution in [0.3, 0.4) is 0 Å². The van der Waals surface area contributed by atoms with E-state index in [1.165, 1.54) is 6.92 Å². The maximum Gasteiger partial charge on any atom is 0.314 e. The minimum atomic E-state index is -1.79.